The molecule has 0 nitrogen and oxygen atoms in total. The van der Waals surface area contributed by atoms with Gasteiger partial charge >= 0.3 is 169 Å². The molecule has 5 rings (SSSR count). The van der Waals surface area contributed by atoms with E-state index >= 15 is 0 Å². The summed E-state index contributed by atoms with van der Waals surface area (Å²) in [4.78, 5) is 0. The molecule has 2 atom stereocenters. The quantitative estimate of drug-likeness (QED) is 0.375. The molecule has 2 unspecified atom stereocenters. The average molecular weight is 517 g/mol. The molecule has 0 saturated carbocycles. The van der Waals surface area contributed by atoms with Crippen LogP contribution in [0.15, 0.2) is 91.0 Å². The zero-order valence-electron chi connectivity index (χ0n) is 16.5. The topological polar surface area (TPSA) is 0 Å². The molecule has 0 saturated heterocycles. The Morgan fingerprint density at radius 1 is 0.621 bits per heavy atom. The number of fused-ring (bicyclic) bond motifs is 2. The Hall–Kier alpha value is -1.18. The van der Waals surface area contributed by atoms with Crippen molar-refractivity contribution in [3.63, 3.8) is 0 Å². The van der Waals surface area contributed by atoms with Crippen LogP contribution in [0.3, 0.4) is 0 Å². The second-order valence-corrected chi connectivity index (χ2v) is 31.4. The van der Waals surface area contributed by atoms with Crippen molar-refractivity contribution in [2.45, 2.75) is 11.9 Å². The Kier molecular flexibility index (Phi) is 7.23. The van der Waals surface area contributed by atoms with E-state index < -0.39 is 19.4 Å². The summed E-state index contributed by atoms with van der Waals surface area (Å²) in [6, 6.07) is 29.6. The van der Waals surface area contributed by atoms with Gasteiger partial charge in [-0.2, -0.15) is 0 Å². The predicted octanol–water partition coefficient (Wildman–Crippen LogP) is 5.98. The third kappa shape index (κ3) is 4.06. The van der Waals surface area contributed by atoms with Gasteiger partial charge in [-0.15, -0.1) is 24.8 Å². The molecule has 0 N–H and O–H groups in total. The van der Waals surface area contributed by atoms with E-state index in [-0.39, 0.29) is 31.5 Å². The van der Waals surface area contributed by atoms with Gasteiger partial charge in [0.05, 0.1) is 0 Å². The van der Waals surface area contributed by atoms with Crippen LogP contribution in [0.5, 0.6) is 0 Å². The average Bonchev–Trinajstić information content (AvgIpc) is 3.34. The molecule has 0 radical (unpaired) electrons. The van der Waals surface area contributed by atoms with Crippen molar-refractivity contribution in [1.82, 2.24) is 0 Å². The second-order valence-electron chi connectivity index (χ2n) is 8.10. The summed E-state index contributed by atoms with van der Waals surface area (Å²) in [6.45, 7) is -0.324. The molecule has 4 heteroatoms. The van der Waals surface area contributed by atoms with Crippen molar-refractivity contribution in [2.75, 3.05) is 0 Å². The summed E-state index contributed by atoms with van der Waals surface area (Å²) in [5, 5.41) is 1.64. The van der Waals surface area contributed by atoms with E-state index in [0.29, 0.717) is 7.25 Å². The maximum absolute atomic E-state index is 2.75. The first-order chi connectivity index (χ1) is 13.3. The Morgan fingerprint density at radius 3 is 1.59 bits per heavy atom. The summed E-state index contributed by atoms with van der Waals surface area (Å²) in [5.41, 5.74) is 6.08. The van der Waals surface area contributed by atoms with Crippen molar-refractivity contribution in [3.8, 4) is 0 Å². The van der Waals surface area contributed by atoms with E-state index in [1.807, 2.05) is 0 Å². The predicted molar refractivity (Wildman–Crippen MR) is 131 cm³/mol. The van der Waals surface area contributed by atoms with Crippen molar-refractivity contribution in [2.24, 2.45) is 0 Å². The Balaban J connectivity index is 0.00000120. The van der Waals surface area contributed by atoms with Crippen LogP contribution in [0.1, 0.15) is 29.5 Å². The number of hydrogen-bond acceptors (Lipinski definition) is 0. The molecule has 3 aromatic carbocycles. The molecule has 148 valence electrons. The molecule has 0 amide bonds. The van der Waals surface area contributed by atoms with E-state index in [1.165, 1.54) is 11.1 Å². The molecular weight excluding hydrogens is 490 g/mol. The number of rotatable bonds is 4. The minimum atomic E-state index is -2.62. The zero-order valence-corrected chi connectivity index (χ0v) is 22.0. The van der Waals surface area contributed by atoms with Gasteiger partial charge in [-0.3, -0.25) is 0 Å². The fraction of sp³-hybridized carbons (Fsp3) is 0.120. The summed E-state index contributed by atoms with van der Waals surface area (Å²) < 4.78 is 4.12. The summed E-state index contributed by atoms with van der Waals surface area (Å²) in [5.74, 6) is 0. The van der Waals surface area contributed by atoms with Crippen molar-refractivity contribution in [3.05, 3.63) is 113 Å². The molecule has 2 aliphatic rings. The third-order valence-corrected chi connectivity index (χ3v) is 31.4. The van der Waals surface area contributed by atoms with Crippen molar-refractivity contribution in [1.29, 1.82) is 0 Å². The molecule has 3 aromatic rings. The molecule has 2 aliphatic carbocycles. The molecule has 0 fully saturated rings. The summed E-state index contributed by atoms with van der Waals surface area (Å²) >= 11 is -2.62. The number of benzene rings is 3. The van der Waals surface area contributed by atoms with Crippen LogP contribution in [-0.4, -0.2) is 6.65 Å². The SMILES string of the molecule is Cl.Cl.[CH3][Zr]([SiH2]c1ccccc1)([CH]1C=Cc2ccccc21)[CH]1C=Cc2ccccc21. The van der Waals surface area contributed by atoms with E-state index in [9.17, 15) is 0 Å². The van der Waals surface area contributed by atoms with Crippen LogP contribution >= 0.6 is 24.8 Å². The van der Waals surface area contributed by atoms with Crippen LogP contribution in [0.2, 0.25) is 4.63 Å². The monoisotopic (exact) mass is 514 g/mol. The van der Waals surface area contributed by atoms with E-state index in [1.54, 1.807) is 16.3 Å². The molecular formula is C25H26Cl2SiZr. The minimum absolute atomic E-state index is 0. The first-order valence-electron chi connectivity index (χ1n) is 9.84. The summed E-state index contributed by atoms with van der Waals surface area (Å²) in [6.07, 6.45) is 9.90. The number of hydrogen-bond donors (Lipinski definition) is 0. The van der Waals surface area contributed by atoms with Gasteiger partial charge in [0.25, 0.3) is 0 Å². The second kappa shape index (κ2) is 9.31. The van der Waals surface area contributed by atoms with Gasteiger partial charge in [0.1, 0.15) is 0 Å². The number of allylic oxidation sites excluding steroid dienone is 2. The molecule has 0 heterocycles. The number of halogens is 2. The third-order valence-electron chi connectivity index (χ3n) is 6.45. The summed E-state index contributed by atoms with van der Waals surface area (Å²) in [7, 11) is 0. The molecule has 0 spiro atoms. The molecule has 0 aromatic heterocycles. The molecule has 0 aliphatic heterocycles. The molecule has 0 bridgehead atoms. The van der Waals surface area contributed by atoms with Crippen LogP contribution in [0.25, 0.3) is 12.2 Å². The van der Waals surface area contributed by atoms with Gasteiger partial charge in [0, 0.05) is 0 Å². The van der Waals surface area contributed by atoms with Crippen LogP contribution in [0.4, 0.5) is 0 Å². The molecule has 29 heavy (non-hydrogen) atoms. The van der Waals surface area contributed by atoms with Crippen molar-refractivity contribution >= 4 is 48.8 Å². The van der Waals surface area contributed by atoms with Crippen molar-refractivity contribution < 1.29 is 19.4 Å². The van der Waals surface area contributed by atoms with Gasteiger partial charge in [0.2, 0.25) is 0 Å². The first-order valence-corrected chi connectivity index (χ1v) is 21.8. The van der Waals surface area contributed by atoms with Gasteiger partial charge in [-0.05, 0) is 0 Å². The Bertz CT molecular complexity index is 984. The van der Waals surface area contributed by atoms with Crippen LogP contribution in [0, 0.1) is 0 Å². The zero-order chi connectivity index (χ0) is 18.3. The van der Waals surface area contributed by atoms with E-state index in [2.05, 4.69) is 108 Å². The van der Waals surface area contributed by atoms with Crippen LogP contribution < -0.4 is 5.19 Å². The van der Waals surface area contributed by atoms with Gasteiger partial charge < -0.3 is 0 Å². The fourth-order valence-electron chi connectivity index (χ4n) is 5.10. The normalized spacial score (nSPS) is 20.6. The van der Waals surface area contributed by atoms with Gasteiger partial charge in [-0.25, -0.2) is 0 Å². The standard InChI is InChI=1S/2C9H7.C6H7Si.CH3.2ClH.Zr/c2*1-2-5-9-7-3-6-8(9)4-1;7-6-4-2-1-3-5-6;;;;/h2*1-7H;1-5H,7H2;1H3;2*1H;. The van der Waals surface area contributed by atoms with Gasteiger partial charge in [0.15, 0.2) is 0 Å². The van der Waals surface area contributed by atoms with Gasteiger partial charge in [-0.1, -0.05) is 0 Å². The fourth-order valence-corrected chi connectivity index (χ4v) is 31.0. The van der Waals surface area contributed by atoms with Crippen LogP contribution in [-0.2, 0) is 19.4 Å². The Morgan fingerprint density at radius 2 is 1.07 bits per heavy atom. The van der Waals surface area contributed by atoms with E-state index in [4.69, 9.17) is 0 Å². The van der Waals surface area contributed by atoms with E-state index in [0.717, 1.165) is 0 Å². The Labute approximate surface area is 192 Å². The first kappa shape index (κ1) is 22.5. The maximum atomic E-state index is 2.75.